The van der Waals surface area contributed by atoms with Crippen LogP contribution in [0.3, 0.4) is 0 Å². The van der Waals surface area contributed by atoms with Crippen molar-refractivity contribution >= 4 is 11.6 Å². The average Bonchev–Trinajstić information content (AvgIpc) is 2.62. The predicted molar refractivity (Wildman–Crippen MR) is 93.6 cm³/mol. The van der Waals surface area contributed by atoms with E-state index in [4.69, 9.17) is 4.74 Å². The van der Waals surface area contributed by atoms with Crippen molar-refractivity contribution in [1.29, 1.82) is 0 Å². The van der Waals surface area contributed by atoms with Crippen LogP contribution in [0.2, 0.25) is 0 Å². The summed E-state index contributed by atoms with van der Waals surface area (Å²) in [6.07, 6.45) is 0. The normalized spacial score (nSPS) is 15.0. The second-order valence-electron chi connectivity index (χ2n) is 5.95. The number of alkyl halides is 2. The van der Waals surface area contributed by atoms with Crippen molar-refractivity contribution in [2.24, 2.45) is 0 Å². The van der Waals surface area contributed by atoms with Crippen molar-refractivity contribution in [2.75, 3.05) is 31.6 Å². The number of halogens is 2. The van der Waals surface area contributed by atoms with Gasteiger partial charge in [-0.15, -0.1) is 0 Å². The Kier molecular flexibility index (Phi) is 6.14. The van der Waals surface area contributed by atoms with E-state index in [1.165, 1.54) is 18.2 Å². The number of rotatable bonds is 6. The summed E-state index contributed by atoms with van der Waals surface area (Å²) in [6, 6.07) is 13.3. The van der Waals surface area contributed by atoms with E-state index in [9.17, 15) is 13.6 Å². The minimum absolute atomic E-state index is 0.0475. The molecule has 1 heterocycles. The van der Waals surface area contributed by atoms with Crippen molar-refractivity contribution < 1.29 is 23.0 Å². The van der Waals surface area contributed by atoms with Gasteiger partial charge in [-0.25, -0.2) is 0 Å². The zero-order valence-electron chi connectivity index (χ0n) is 14.2. The second-order valence-corrected chi connectivity index (χ2v) is 5.95. The maximum atomic E-state index is 12.4. The summed E-state index contributed by atoms with van der Waals surface area (Å²) in [4.78, 5) is 14.7. The lowest BCUT2D eigenvalue weighted by Gasteiger charge is -2.26. The summed E-state index contributed by atoms with van der Waals surface area (Å²) < 4.78 is 34.3. The van der Waals surface area contributed by atoms with Crippen LogP contribution in [-0.2, 0) is 11.3 Å². The highest BCUT2D eigenvalue weighted by molar-refractivity contribution is 6.04. The van der Waals surface area contributed by atoms with Gasteiger partial charge in [-0.2, -0.15) is 8.78 Å². The molecule has 0 bridgehead atoms. The standard InChI is InChI=1S/C19H20F2N2O3/c20-19(21)26-17-6-2-4-15(12-17)18(24)22-16-5-1-3-14(11-16)13-23-7-9-25-10-8-23/h1-6,11-12,19H,7-10,13H2,(H,22,24). The van der Waals surface area contributed by atoms with E-state index < -0.39 is 6.61 Å². The van der Waals surface area contributed by atoms with Crippen LogP contribution >= 0.6 is 0 Å². The number of morpholine rings is 1. The summed E-state index contributed by atoms with van der Waals surface area (Å²) >= 11 is 0. The fourth-order valence-corrected chi connectivity index (χ4v) is 2.78. The predicted octanol–water partition coefficient (Wildman–Crippen LogP) is 3.37. The van der Waals surface area contributed by atoms with Crippen LogP contribution < -0.4 is 10.1 Å². The molecule has 0 saturated carbocycles. The first kappa shape index (κ1) is 18.3. The van der Waals surface area contributed by atoms with E-state index in [-0.39, 0.29) is 17.2 Å². The fourth-order valence-electron chi connectivity index (χ4n) is 2.78. The minimum atomic E-state index is -2.93. The molecule has 0 aliphatic carbocycles. The van der Waals surface area contributed by atoms with Gasteiger partial charge in [-0.05, 0) is 35.9 Å². The van der Waals surface area contributed by atoms with Gasteiger partial charge in [0.2, 0.25) is 0 Å². The van der Waals surface area contributed by atoms with E-state index in [1.54, 1.807) is 12.1 Å². The Morgan fingerprint density at radius 3 is 2.69 bits per heavy atom. The number of ether oxygens (including phenoxy) is 2. The molecule has 1 aliphatic rings. The third-order valence-corrected chi connectivity index (χ3v) is 4.02. The molecule has 2 aromatic carbocycles. The van der Waals surface area contributed by atoms with Gasteiger partial charge in [0.1, 0.15) is 5.75 Å². The lowest BCUT2D eigenvalue weighted by Crippen LogP contribution is -2.35. The van der Waals surface area contributed by atoms with Crippen LogP contribution in [-0.4, -0.2) is 43.7 Å². The Morgan fingerprint density at radius 2 is 1.92 bits per heavy atom. The van der Waals surface area contributed by atoms with Crippen molar-refractivity contribution in [2.45, 2.75) is 13.2 Å². The highest BCUT2D eigenvalue weighted by Crippen LogP contribution is 2.18. The van der Waals surface area contributed by atoms with Gasteiger partial charge in [0, 0.05) is 30.9 Å². The number of benzene rings is 2. The second kappa shape index (κ2) is 8.73. The molecule has 1 aliphatic heterocycles. The maximum absolute atomic E-state index is 12.4. The van der Waals surface area contributed by atoms with Crippen LogP contribution in [0.4, 0.5) is 14.5 Å². The first-order valence-corrected chi connectivity index (χ1v) is 8.35. The highest BCUT2D eigenvalue weighted by Gasteiger charge is 2.12. The maximum Gasteiger partial charge on any atom is 0.387 e. The number of carbonyl (C=O) groups is 1. The van der Waals surface area contributed by atoms with E-state index in [0.29, 0.717) is 5.69 Å². The van der Waals surface area contributed by atoms with Gasteiger partial charge < -0.3 is 14.8 Å². The van der Waals surface area contributed by atoms with Crippen molar-refractivity contribution in [1.82, 2.24) is 4.90 Å². The molecule has 1 fully saturated rings. The van der Waals surface area contributed by atoms with Crippen LogP contribution in [0, 0.1) is 0 Å². The lowest BCUT2D eigenvalue weighted by atomic mass is 10.1. The summed E-state index contributed by atoms with van der Waals surface area (Å²) in [7, 11) is 0. The number of hydrogen-bond donors (Lipinski definition) is 1. The largest absolute Gasteiger partial charge is 0.435 e. The van der Waals surface area contributed by atoms with Crippen LogP contribution in [0.1, 0.15) is 15.9 Å². The molecular formula is C19H20F2N2O3. The molecule has 0 aromatic heterocycles. The Labute approximate surface area is 150 Å². The molecular weight excluding hydrogens is 342 g/mol. The SMILES string of the molecule is O=C(Nc1cccc(CN2CCOCC2)c1)c1cccc(OC(F)F)c1. The molecule has 5 nitrogen and oxygen atoms in total. The zero-order chi connectivity index (χ0) is 18.4. The fraction of sp³-hybridized carbons (Fsp3) is 0.316. The summed E-state index contributed by atoms with van der Waals surface area (Å²) in [5.41, 5.74) is 1.99. The van der Waals surface area contributed by atoms with Crippen molar-refractivity contribution in [3.63, 3.8) is 0 Å². The van der Waals surface area contributed by atoms with Crippen molar-refractivity contribution in [3.05, 3.63) is 59.7 Å². The number of nitrogens with zero attached hydrogens (tertiary/aromatic N) is 1. The first-order chi connectivity index (χ1) is 12.6. The molecule has 1 saturated heterocycles. The Morgan fingerprint density at radius 1 is 1.15 bits per heavy atom. The smallest absolute Gasteiger partial charge is 0.387 e. The Hall–Kier alpha value is -2.51. The van der Waals surface area contributed by atoms with Crippen LogP contribution in [0.5, 0.6) is 5.75 Å². The van der Waals surface area contributed by atoms with Gasteiger partial charge in [0.05, 0.1) is 13.2 Å². The van der Waals surface area contributed by atoms with E-state index in [2.05, 4.69) is 15.0 Å². The number of carbonyl (C=O) groups excluding carboxylic acids is 1. The summed E-state index contributed by atoms with van der Waals surface area (Å²) in [5, 5.41) is 2.79. The first-order valence-electron chi connectivity index (χ1n) is 8.35. The van der Waals surface area contributed by atoms with E-state index in [0.717, 1.165) is 38.4 Å². The molecule has 2 aromatic rings. The quantitative estimate of drug-likeness (QED) is 0.856. The molecule has 0 radical (unpaired) electrons. The van der Waals surface area contributed by atoms with Gasteiger partial charge in [-0.1, -0.05) is 18.2 Å². The van der Waals surface area contributed by atoms with Gasteiger partial charge in [0.25, 0.3) is 5.91 Å². The monoisotopic (exact) mass is 362 g/mol. The number of nitrogens with one attached hydrogen (secondary N) is 1. The molecule has 1 amide bonds. The highest BCUT2D eigenvalue weighted by atomic mass is 19.3. The average molecular weight is 362 g/mol. The van der Waals surface area contributed by atoms with Crippen LogP contribution in [0.15, 0.2) is 48.5 Å². The molecule has 0 unspecified atom stereocenters. The third kappa shape index (κ3) is 5.24. The summed E-state index contributed by atoms with van der Waals surface area (Å²) in [6.45, 7) is 1.08. The van der Waals surface area contributed by atoms with Gasteiger partial charge >= 0.3 is 6.61 Å². The third-order valence-electron chi connectivity index (χ3n) is 4.02. The number of hydrogen-bond acceptors (Lipinski definition) is 4. The molecule has 0 spiro atoms. The molecule has 138 valence electrons. The van der Waals surface area contributed by atoms with Gasteiger partial charge in [-0.3, -0.25) is 9.69 Å². The van der Waals surface area contributed by atoms with E-state index >= 15 is 0 Å². The molecule has 3 rings (SSSR count). The van der Waals surface area contributed by atoms with Gasteiger partial charge in [0.15, 0.2) is 0 Å². The number of anilines is 1. The molecule has 26 heavy (non-hydrogen) atoms. The Balaban J connectivity index is 1.64. The molecule has 0 atom stereocenters. The van der Waals surface area contributed by atoms with E-state index in [1.807, 2.05) is 18.2 Å². The molecule has 7 heteroatoms. The number of amides is 1. The lowest BCUT2D eigenvalue weighted by molar-refractivity contribution is -0.0498. The summed E-state index contributed by atoms with van der Waals surface area (Å²) in [5.74, 6) is -0.429. The Bertz CT molecular complexity index is 749. The topological polar surface area (TPSA) is 50.8 Å². The van der Waals surface area contributed by atoms with Crippen LogP contribution in [0.25, 0.3) is 0 Å². The van der Waals surface area contributed by atoms with Crippen molar-refractivity contribution in [3.8, 4) is 5.75 Å². The minimum Gasteiger partial charge on any atom is -0.435 e. The zero-order valence-corrected chi connectivity index (χ0v) is 14.2. The molecule has 1 N–H and O–H groups in total.